The molecule has 0 bridgehead atoms. The highest BCUT2D eigenvalue weighted by molar-refractivity contribution is 6.01. The smallest absolute Gasteiger partial charge is 0.187 e. The molecule has 2 aromatic carbocycles. The molecular formula is C18H17FN2O. The normalized spacial score (nSPS) is 22.6. The van der Waals surface area contributed by atoms with E-state index in [9.17, 15) is 4.39 Å². The Labute approximate surface area is 129 Å². The predicted octanol–water partition coefficient (Wildman–Crippen LogP) is 4.11. The average molecular weight is 296 g/mol. The fraction of sp³-hybridized carbons (Fsp3) is 0.278. The molecule has 0 aliphatic carbocycles. The van der Waals surface area contributed by atoms with Crippen molar-refractivity contribution in [2.75, 3.05) is 0 Å². The van der Waals surface area contributed by atoms with Crippen LogP contribution in [0, 0.1) is 5.82 Å². The number of fused-ring (bicyclic) bond motifs is 3. The average Bonchev–Trinajstić information content (AvgIpc) is 3.00. The lowest BCUT2D eigenvalue weighted by Crippen LogP contribution is -2.39. The molecule has 112 valence electrons. The van der Waals surface area contributed by atoms with Crippen LogP contribution in [0.2, 0.25) is 0 Å². The highest BCUT2D eigenvalue weighted by atomic mass is 19.1. The van der Waals surface area contributed by atoms with Crippen LogP contribution in [0.4, 0.5) is 4.39 Å². The van der Waals surface area contributed by atoms with Gasteiger partial charge in [-0.25, -0.2) is 4.39 Å². The van der Waals surface area contributed by atoms with E-state index < -0.39 is 0 Å². The third-order valence-corrected chi connectivity index (χ3v) is 4.30. The van der Waals surface area contributed by atoms with Crippen molar-refractivity contribution in [3.8, 4) is 5.75 Å². The molecule has 0 fully saturated rings. The summed E-state index contributed by atoms with van der Waals surface area (Å²) in [6.45, 7) is 2.10. The van der Waals surface area contributed by atoms with Crippen LogP contribution in [0.15, 0.2) is 53.6 Å². The first kappa shape index (κ1) is 13.3. The molecule has 0 unspecified atom stereocenters. The summed E-state index contributed by atoms with van der Waals surface area (Å²) in [5.41, 5.74) is 3.14. The fourth-order valence-electron chi connectivity index (χ4n) is 3.20. The lowest BCUT2D eigenvalue weighted by molar-refractivity contribution is -0.0188. The third kappa shape index (κ3) is 2.06. The first-order valence-electron chi connectivity index (χ1n) is 7.63. The summed E-state index contributed by atoms with van der Waals surface area (Å²) in [5, 5.41) is 6.82. The van der Waals surface area contributed by atoms with E-state index in [4.69, 9.17) is 9.84 Å². The summed E-state index contributed by atoms with van der Waals surface area (Å²) in [7, 11) is 0. The molecule has 0 saturated carbocycles. The molecule has 2 atom stereocenters. The molecule has 0 N–H and O–H groups in total. The number of para-hydroxylation sites is 1. The van der Waals surface area contributed by atoms with Gasteiger partial charge >= 0.3 is 0 Å². The van der Waals surface area contributed by atoms with E-state index in [1.165, 1.54) is 17.7 Å². The Kier molecular flexibility index (Phi) is 3.10. The molecule has 2 aromatic rings. The van der Waals surface area contributed by atoms with Gasteiger partial charge < -0.3 is 4.74 Å². The van der Waals surface area contributed by atoms with Crippen molar-refractivity contribution < 1.29 is 9.13 Å². The Bertz CT molecular complexity index is 726. The predicted molar refractivity (Wildman–Crippen MR) is 83.3 cm³/mol. The SMILES string of the molecule is CC[C@H]1Oc2ccccc2[C@@H]2CC(c3ccc(F)cc3)=NN12. The second kappa shape index (κ2) is 5.13. The van der Waals surface area contributed by atoms with Gasteiger partial charge in [-0.05, 0) is 23.8 Å². The van der Waals surface area contributed by atoms with E-state index in [0.29, 0.717) is 0 Å². The minimum atomic E-state index is -0.222. The quantitative estimate of drug-likeness (QED) is 0.833. The first-order valence-corrected chi connectivity index (χ1v) is 7.63. The molecule has 4 heteroatoms. The highest BCUT2D eigenvalue weighted by Gasteiger charge is 2.39. The summed E-state index contributed by atoms with van der Waals surface area (Å²) in [6, 6.07) is 14.9. The van der Waals surface area contributed by atoms with Gasteiger partial charge in [0.1, 0.15) is 11.6 Å². The Morgan fingerprint density at radius 3 is 2.73 bits per heavy atom. The van der Waals surface area contributed by atoms with Crippen LogP contribution < -0.4 is 4.74 Å². The van der Waals surface area contributed by atoms with Gasteiger partial charge in [-0.15, -0.1) is 0 Å². The molecule has 3 nitrogen and oxygen atoms in total. The van der Waals surface area contributed by atoms with Crippen LogP contribution in [0.25, 0.3) is 0 Å². The fourth-order valence-corrected chi connectivity index (χ4v) is 3.20. The van der Waals surface area contributed by atoms with Crippen LogP contribution in [0.1, 0.15) is 36.9 Å². The molecule has 0 spiro atoms. The van der Waals surface area contributed by atoms with Crippen LogP contribution >= 0.6 is 0 Å². The number of benzene rings is 2. The van der Waals surface area contributed by atoms with E-state index in [2.05, 4.69) is 18.0 Å². The van der Waals surface area contributed by atoms with Gasteiger partial charge in [-0.1, -0.05) is 37.3 Å². The zero-order valence-corrected chi connectivity index (χ0v) is 12.4. The second-order valence-electron chi connectivity index (χ2n) is 5.67. The van der Waals surface area contributed by atoms with E-state index >= 15 is 0 Å². The number of ether oxygens (including phenoxy) is 1. The van der Waals surface area contributed by atoms with Gasteiger partial charge in [0.05, 0.1) is 11.8 Å². The Morgan fingerprint density at radius 2 is 1.95 bits per heavy atom. The van der Waals surface area contributed by atoms with Gasteiger partial charge in [0.15, 0.2) is 6.23 Å². The summed E-state index contributed by atoms with van der Waals surface area (Å²) in [6.07, 6.45) is 1.64. The van der Waals surface area contributed by atoms with Gasteiger partial charge in [-0.3, -0.25) is 5.01 Å². The van der Waals surface area contributed by atoms with Crippen molar-refractivity contribution >= 4 is 5.71 Å². The van der Waals surface area contributed by atoms with E-state index in [1.807, 2.05) is 18.2 Å². The third-order valence-electron chi connectivity index (χ3n) is 4.30. The standard InChI is InChI=1S/C18H17FN2O/c1-2-18-21-16(14-5-3-4-6-17(14)22-18)11-15(20-21)12-7-9-13(19)10-8-12/h3-10,16,18H,2,11H2,1H3/t16-,18+/m0/s1. The lowest BCUT2D eigenvalue weighted by atomic mass is 9.96. The number of hydrogen-bond donors (Lipinski definition) is 0. The number of hydrogen-bond acceptors (Lipinski definition) is 3. The molecule has 0 aromatic heterocycles. The molecule has 0 radical (unpaired) electrons. The molecule has 4 rings (SSSR count). The number of halogens is 1. The van der Waals surface area contributed by atoms with Crippen molar-refractivity contribution in [3.05, 3.63) is 65.5 Å². The summed E-state index contributed by atoms with van der Waals surface area (Å²) in [4.78, 5) is 0. The molecule has 2 heterocycles. The topological polar surface area (TPSA) is 24.8 Å². The highest BCUT2D eigenvalue weighted by Crippen LogP contribution is 2.43. The summed E-state index contributed by atoms with van der Waals surface area (Å²) in [5.74, 6) is 0.728. The van der Waals surface area contributed by atoms with Gasteiger partial charge in [0.25, 0.3) is 0 Å². The summed E-state index contributed by atoms with van der Waals surface area (Å²) < 4.78 is 19.2. The zero-order valence-electron chi connectivity index (χ0n) is 12.4. The van der Waals surface area contributed by atoms with Crippen molar-refractivity contribution in [2.45, 2.75) is 32.0 Å². The van der Waals surface area contributed by atoms with Crippen molar-refractivity contribution in [1.29, 1.82) is 0 Å². The van der Waals surface area contributed by atoms with Crippen LogP contribution in [-0.4, -0.2) is 16.9 Å². The maximum Gasteiger partial charge on any atom is 0.187 e. The number of nitrogens with zero attached hydrogens (tertiary/aromatic N) is 2. The van der Waals surface area contributed by atoms with Gasteiger partial charge in [-0.2, -0.15) is 5.10 Å². The summed E-state index contributed by atoms with van der Waals surface area (Å²) >= 11 is 0. The van der Waals surface area contributed by atoms with Crippen LogP contribution in [-0.2, 0) is 0 Å². The molecular weight excluding hydrogens is 279 g/mol. The Balaban J connectivity index is 1.72. The van der Waals surface area contributed by atoms with E-state index in [-0.39, 0.29) is 18.1 Å². The minimum Gasteiger partial charge on any atom is -0.469 e. The largest absolute Gasteiger partial charge is 0.469 e. The zero-order chi connectivity index (χ0) is 15.1. The molecule has 22 heavy (non-hydrogen) atoms. The Hall–Kier alpha value is -2.36. The van der Waals surface area contributed by atoms with Crippen LogP contribution in [0.3, 0.4) is 0 Å². The minimum absolute atomic E-state index is 0.0437. The van der Waals surface area contributed by atoms with Crippen molar-refractivity contribution in [3.63, 3.8) is 0 Å². The van der Waals surface area contributed by atoms with Crippen molar-refractivity contribution in [1.82, 2.24) is 5.01 Å². The monoisotopic (exact) mass is 296 g/mol. The van der Waals surface area contributed by atoms with Gasteiger partial charge in [0.2, 0.25) is 0 Å². The van der Waals surface area contributed by atoms with E-state index in [0.717, 1.165) is 29.9 Å². The van der Waals surface area contributed by atoms with Crippen molar-refractivity contribution in [2.24, 2.45) is 5.10 Å². The maximum absolute atomic E-state index is 13.1. The van der Waals surface area contributed by atoms with Gasteiger partial charge in [0, 0.05) is 18.4 Å². The molecule has 2 aliphatic rings. The number of rotatable bonds is 2. The van der Waals surface area contributed by atoms with E-state index in [1.54, 1.807) is 12.1 Å². The molecule has 0 amide bonds. The lowest BCUT2D eigenvalue weighted by Gasteiger charge is -2.37. The maximum atomic E-state index is 13.1. The Morgan fingerprint density at radius 1 is 1.18 bits per heavy atom. The number of hydrazone groups is 1. The second-order valence-corrected chi connectivity index (χ2v) is 5.67. The molecule has 2 aliphatic heterocycles. The van der Waals surface area contributed by atoms with Crippen LogP contribution in [0.5, 0.6) is 5.75 Å². The first-order chi connectivity index (χ1) is 10.8. The molecule has 0 saturated heterocycles.